The summed E-state index contributed by atoms with van der Waals surface area (Å²) in [5, 5.41) is 5.17. The first-order chi connectivity index (χ1) is 15.9. The van der Waals surface area contributed by atoms with Gasteiger partial charge in [0, 0.05) is 28.1 Å². The normalized spacial score (nSPS) is 34.2. The second-order valence-electron chi connectivity index (χ2n) is 9.79. The standard InChI is InChI=1S/C27H22BrNO4/c1-13-17(14-6-4-3-5-7-14)10-15-8-9-16(28)11-18(15)21(13)24(30)29-27-20-12-19-23(27)22(20)26(19,33-27)25(31)32-2/h3-11,19-20,22-23H,12H2,1-2H3,(H,29,30). The van der Waals surface area contributed by atoms with Crippen molar-refractivity contribution in [3.63, 3.8) is 0 Å². The van der Waals surface area contributed by atoms with E-state index in [0.717, 1.165) is 38.4 Å². The quantitative estimate of drug-likeness (QED) is 0.517. The van der Waals surface area contributed by atoms with Gasteiger partial charge in [0.1, 0.15) is 5.72 Å². The van der Waals surface area contributed by atoms with Gasteiger partial charge in [-0.25, -0.2) is 4.79 Å². The Kier molecular flexibility index (Phi) is 3.74. The number of ether oxygens (including phenoxy) is 2. The van der Waals surface area contributed by atoms with Crippen LogP contribution in [0.4, 0.5) is 0 Å². The molecule has 6 bridgehead atoms. The number of methoxy groups -OCH3 is 1. The predicted octanol–water partition coefficient (Wildman–Crippen LogP) is 4.84. The lowest BCUT2D eigenvalue weighted by Gasteiger charge is -2.51. The van der Waals surface area contributed by atoms with Crippen LogP contribution in [0, 0.1) is 30.6 Å². The van der Waals surface area contributed by atoms with E-state index in [1.807, 2.05) is 43.3 Å². The molecule has 3 heterocycles. The van der Waals surface area contributed by atoms with Gasteiger partial charge in [-0.15, -0.1) is 0 Å². The van der Waals surface area contributed by atoms with Crippen molar-refractivity contribution in [1.82, 2.24) is 5.32 Å². The summed E-state index contributed by atoms with van der Waals surface area (Å²) in [6.45, 7) is 2.00. The topological polar surface area (TPSA) is 64.6 Å². The fourth-order valence-electron chi connectivity index (χ4n) is 7.52. The van der Waals surface area contributed by atoms with Gasteiger partial charge in [-0.05, 0) is 59.0 Å². The van der Waals surface area contributed by atoms with Gasteiger partial charge < -0.3 is 14.8 Å². The summed E-state index contributed by atoms with van der Waals surface area (Å²) in [5.74, 6) is 0.291. The van der Waals surface area contributed by atoms with Gasteiger partial charge >= 0.3 is 5.97 Å². The molecular weight excluding hydrogens is 482 g/mol. The van der Waals surface area contributed by atoms with E-state index < -0.39 is 11.3 Å². The van der Waals surface area contributed by atoms with Crippen LogP contribution >= 0.6 is 15.9 Å². The average molecular weight is 504 g/mol. The number of fused-ring (bicyclic) bond motifs is 1. The van der Waals surface area contributed by atoms with E-state index in [1.54, 1.807) is 0 Å². The molecule has 6 unspecified atom stereocenters. The Labute approximate surface area is 199 Å². The Morgan fingerprint density at radius 1 is 1.09 bits per heavy atom. The monoisotopic (exact) mass is 503 g/mol. The van der Waals surface area contributed by atoms with E-state index in [0.29, 0.717) is 5.56 Å². The number of rotatable bonds is 4. The predicted molar refractivity (Wildman–Crippen MR) is 126 cm³/mol. The Bertz CT molecular complexity index is 1370. The van der Waals surface area contributed by atoms with E-state index in [-0.39, 0.29) is 35.5 Å². The van der Waals surface area contributed by atoms with Crippen LogP contribution in [0.1, 0.15) is 22.3 Å². The largest absolute Gasteiger partial charge is 0.467 e. The van der Waals surface area contributed by atoms with Crippen molar-refractivity contribution < 1.29 is 19.1 Å². The average Bonchev–Trinajstić information content (AvgIpc) is 3.60. The van der Waals surface area contributed by atoms with Crippen LogP contribution < -0.4 is 5.32 Å². The van der Waals surface area contributed by atoms with Crippen molar-refractivity contribution in [2.75, 3.05) is 7.11 Å². The summed E-state index contributed by atoms with van der Waals surface area (Å²) in [6, 6.07) is 18.3. The molecule has 11 rings (SSSR count). The van der Waals surface area contributed by atoms with E-state index in [1.165, 1.54) is 7.11 Å². The molecule has 5 nitrogen and oxygen atoms in total. The third-order valence-electron chi connectivity index (χ3n) is 8.68. The van der Waals surface area contributed by atoms with Crippen molar-refractivity contribution in [2.24, 2.45) is 23.7 Å². The molecule has 166 valence electrons. The van der Waals surface area contributed by atoms with E-state index in [4.69, 9.17) is 9.47 Å². The molecule has 0 radical (unpaired) electrons. The lowest BCUT2D eigenvalue weighted by molar-refractivity contribution is -0.176. The van der Waals surface area contributed by atoms with Gasteiger partial charge in [-0.2, -0.15) is 0 Å². The number of nitrogens with one attached hydrogen (secondary N) is 1. The Morgan fingerprint density at radius 2 is 1.88 bits per heavy atom. The number of carbonyl (C=O) groups is 2. The summed E-state index contributed by atoms with van der Waals surface area (Å²) >= 11 is 3.57. The molecule has 0 aromatic heterocycles. The van der Waals surface area contributed by atoms with Gasteiger partial charge in [0.15, 0.2) is 5.60 Å². The Hall–Kier alpha value is -2.70. The second kappa shape index (κ2) is 6.24. The van der Waals surface area contributed by atoms with Gasteiger partial charge in [0.2, 0.25) is 0 Å². The minimum atomic E-state index is -0.844. The molecular formula is C27H22BrNO4. The van der Waals surface area contributed by atoms with E-state index >= 15 is 0 Å². The zero-order valence-corrected chi connectivity index (χ0v) is 19.8. The van der Waals surface area contributed by atoms with Gasteiger partial charge in [-0.1, -0.05) is 52.3 Å². The minimum Gasteiger partial charge on any atom is -0.467 e. The summed E-state index contributed by atoms with van der Waals surface area (Å²) in [5.41, 5.74) is 2.10. The molecule has 3 aromatic carbocycles. The third kappa shape index (κ3) is 2.13. The third-order valence-corrected chi connectivity index (χ3v) is 9.17. The molecule has 6 heteroatoms. The summed E-state index contributed by atoms with van der Waals surface area (Å²) in [4.78, 5) is 26.5. The maximum atomic E-state index is 13.9. The number of amides is 1. The smallest absolute Gasteiger partial charge is 0.338 e. The molecule has 8 aliphatic rings. The minimum absolute atomic E-state index is 0.148. The zero-order valence-electron chi connectivity index (χ0n) is 18.2. The van der Waals surface area contributed by atoms with Crippen LogP contribution in [0.2, 0.25) is 0 Å². The molecule has 1 amide bonds. The summed E-state index contributed by atoms with van der Waals surface area (Å²) in [6.07, 6.45) is 0.917. The molecule has 3 aliphatic heterocycles. The highest BCUT2D eigenvalue weighted by molar-refractivity contribution is 9.10. The highest BCUT2D eigenvalue weighted by atomic mass is 79.9. The van der Waals surface area contributed by atoms with Crippen LogP contribution in [0.15, 0.2) is 59.1 Å². The van der Waals surface area contributed by atoms with Crippen molar-refractivity contribution >= 4 is 38.6 Å². The molecule has 8 fully saturated rings. The van der Waals surface area contributed by atoms with Crippen LogP contribution in [0.5, 0.6) is 0 Å². The van der Waals surface area contributed by atoms with Crippen LogP contribution in [-0.2, 0) is 14.3 Å². The first-order valence-corrected chi connectivity index (χ1v) is 12.1. The first-order valence-electron chi connectivity index (χ1n) is 11.3. The lowest BCUT2D eigenvalue weighted by atomic mass is 9.50. The van der Waals surface area contributed by atoms with Gasteiger partial charge in [-0.3, -0.25) is 4.79 Å². The Balaban J connectivity index is 1.33. The van der Waals surface area contributed by atoms with Gasteiger partial charge in [0.25, 0.3) is 5.91 Å². The molecule has 33 heavy (non-hydrogen) atoms. The van der Waals surface area contributed by atoms with E-state index in [2.05, 4.69) is 39.4 Å². The molecule has 5 aliphatic carbocycles. The van der Waals surface area contributed by atoms with Crippen molar-refractivity contribution in [3.05, 3.63) is 70.2 Å². The fourth-order valence-corrected chi connectivity index (χ4v) is 7.88. The SMILES string of the molecule is COC(=O)C12OC3(NC(=O)c4c(C)c(-c5ccccc5)cc5ccc(Br)cc45)C4CC1C3C42. The molecule has 1 N–H and O–H groups in total. The summed E-state index contributed by atoms with van der Waals surface area (Å²) in [7, 11) is 1.41. The molecule has 0 spiro atoms. The second-order valence-corrected chi connectivity index (χ2v) is 10.7. The van der Waals surface area contributed by atoms with Crippen molar-refractivity contribution in [1.29, 1.82) is 0 Å². The molecule has 3 aromatic rings. The number of hydrogen-bond donors (Lipinski definition) is 1. The van der Waals surface area contributed by atoms with E-state index in [9.17, 15) is 9.59 Å². The van der Waals surface area contributed by atoms with Crippen LogP contribution in [0.25, 0.3) is 21.9 Å². The number of carbonyl (C=O) groups excluding carboxylic acids is 2. The first kappa shape index (κ1) is 19.7. The fraction of sp³-hybridized carbons (Fsp3) is 0.333. The number of hydrogen-bond acceptors (Lipinski definition) is 4. The van der Waals surface area contributed by atoms with Crippen LogP contribution in [-0.4, -0.2) is 30.3 Å². The number of halogens is 1. The van der Waals surface area contributed by atoms with Crippen molar-refractivity contribution in [3.8, 4) is 11.1 Å². The maximum absolute atomic E-state index is 13.9. The van der Waals surface area contributed by atoms with Crippen LogP contribution in [0.3, 0.4) is 0 Å². The Morgan fingerprint density at radius 3 is 2.58 bits per heavy atom. The highest BCUT2D eigenvalue weighted by Crippen LogP contribution is 2.87. The van der Waals surface area contributed by atoms with Gasteiger partial charge in [0.05, 0.1) is 12.7 Å². The zero-order chi connectivity index (χ0) is 22.7. The number of esters is 1. The van der Waals surface area contributed by atoms with Crippen molar-refractivity contribution in [2.45, 2.75) is 24.7 Å². The number of benzene rings is 3. The highest BCUT2D eigenvalue weighted by Gasteiger charge is 2.98. The molecule has 5 saturated carbocycles. The lowest BCUT2D eigenvalue weighted by Crippen LogP contribution is -2.68. The molecule has 3 saturated heterocycles. The maximum Gasteiger partial charge on any atom is 0.338 e. The molecule has 6 atom stereocenters. The summed E-state index contributed by atoms with van der Waals surface area (Å²) < 4.78 is 12.4.